The van der Waals surface area contributed by atoms with E-state index in [1.807, 2.05) is 6.07 Å². The fraction of sp³-hybridized carbons (Fsp3) is 0.267. The fourth-order valence-electron chi connectivity index (χ4n) is 2.47. The maximum atomic E-state index is 12.4. The first kappa shape index (κ1) is 15.7. The number of H-pyrrole nitrogens is 2. The summed E-state index contributed by atoms with van der Waals surface area (Å²) in [4.78, 5) is 28.1. The van der Waals surface area contributed by atoms with Crippen LogP contribution in [-0.2, 0) is 11.2 Å². The lowest BCUT2D eigenvalue weighted by Crippen LogP contribution is -2.31. The average molecular weight is 327 g/mol. The molecule has 5 N–H and O–H groups in total. The molecule has 3 aromatic rings. The highest BCUT2D eigenvalue weighted by Gasteiger charge is 2.20. The number of nitrogen functional groups attached to an aromatic ring is 1. The first-order valence-corrected chi connectivity index (χ1v) is 7.48. The van der Waals surface area contributed by atoms with Crippen molar-refractivity contribution >= 4 is 22.6 Å². The number of anilines is 1. The van der Waals surface area contributed by atoms with Crippen LogP contribution in [0.15, 0.2) is 29.1 Å². The number of carbonyl (C=O) groups is 1. The average Bonchev–Trinajstić information content (AvgIpc) is 3.00. The Hall–Kier alpha value is -3.23. The van der Waals surface area contributed by atoms with Gasteiger partial charge in [-0.1, -0.05) is 18.2 Å². The summed E-state index contributed by atoms with van der Waals surface area (Å²) in [5.41, 5.74) is 5.68. The van der Waals surface area contributed by atoms with E-state index >= 15 is 0 Å². The number of carbonyl (C=O) groups excluding carboxylic acids is 1. The van der Waals surface area contributed by atoms with Crippen molar-refractivity contribution < 1.29 is 4.79 Å². The van der Waals surface area contributed by atoms with Crippen LogP contribution in [0.4, 0.5) is 5.95 Å². The van der Waals surface area contributed by atoms with Crippen molar-refractivity contribution in [3.63, 3.8) is 0 Å². The van der Waals surface area contributed by atoms with Crippen molar-refractivity contribution in [2.75, 3.05) is 12.3 Å². The summed E-state index contributed by atoms with van der Waals surface area (Å²) in [5, 5.41) is 16.9. The summed E-state index contributed by atoms with van der Waals surface area (Å²) >= 11 is 0. The van der Waals surface area contributed by atoms with Crippen molar-refractivity contribution in [2.45, 2.75) is 19.3 Å². The molecule has 1 atom stereocenters. The van der Waals surface area contributed by atoms with E-state index in [0.717, 1.165) is 0 Å². The molecule has 9 nitrogen and oxygen atoms in total. The van der Waals surface area contributed by atoms with E-state index < -0.39 is 5.92 Å². The molecule has 1 amide bonds. The SMILES string of the molecule is CC(C(=O)NCCc1nc(N)n[nH]1)c1n[nH]c(=O)c2ccccc12. The monoisotopic (exact) mass is 327 g/mol. The lowest BCUT2D eigenvalue weighted by molar-refractivity contribution is -0.122. The molecule has 0 saturated heterocycles. The Morgan fingerprint density at radius 2 is 2.00 bits per heavy atom. The smallest absolute Gasteiger partial charge is 0.272 e. The van der Waals surface area contributed by atoms with Gasteiger partial charge in [0.05, 0.1) is 17.0 Å². The van der Waals surface area contributed by atoms with Gasteiger partial charge in [-0.25, -0.2) is 5.10 Å². The highest BCUT2D eigenvalue weighted by Crippen LogP contribution is 2.20. The van der Waals surface area contributed by atoms with Crippen molar-refractivity contribution in [2.24, 2.45) is 0 Å². The summed E-state index contributed by atoms with van der Waals surface area (Å²) in [7, 11) is 0. The van der Waals surface area contributed by atoms with E-state index in [1.165, 1.54) is 0 Å². The minimum Gasteiger partial charge on any atom is -0.367 e. The van der Waals surface area contributed by atoms with Gasteiger partial charge in [0, 0.05) is 18.4 Å². The third-order valence-corrected chi connectivity index (χ3v) is 3.74. The van der Waals surface area contributed by atoms with E-state index in [2.05, 4.69) is 30.7 Å². The van der Waals surface area contributed by atoms with Gasteiger partial charge >= 0.3 is 0 Å². The lowest BCUT2D eigenvalue weighted by atomic mass is 10.0. The number of amides is 1. The Labute approximate surface area is 136 Å². The number of fused-ring (bicyclic) bond motifs is 1. The second-order valence-corrected chi connectivity index (χ2v) is 5.39. The standard InChI is InChI=1S/C15H17N7O2/c1-8(13(23)17-7-6-11-18-15(16)22-19-11)12-9-4-2-3-5-10(9)14(24)21-20-12/h2-5,8H,6-7H2,1H3,(H,17,23)(H,21,24)(H3,16,18,19,22). The Kier molecular flexibility index (Phi) is 4.23. The molecule has 124 valence electrons. The molecule has 2 heterocycles. The number of rotatable bonds is 5. The van der Waals surface area contributed by atoms with Crippen LogP contribution < -0.4 is 16.6 Å². The minimum atomic E-state index is -0.508. The predicted octanol–water partition coefficient (Wildman–Crippen LogP) is 0.0858. The summed E-state index contributed by atoms with van der Waals surface area (Å²) in [6.07, 6.45) is 0.489. The number of aromatic nitrogens is 5. The van der Waals surface area contributed by atoms with Gasteiger partial charge in [-0.2, -0.15) is 10.1 Å². The molecular weight excluding hydrogens is 310 g/mol. The molecule has 0 saturated carbocycles. The zero-order valence-corrected chi connectivity index (χ0v) is 13.0. The second kappa shape index (κ2) is 6.49. The van der Waals surface area contributed by atoms with Crippen molar-refractivity contribution in [3.05, 3.63) is 46.1 Å². The van der Waals surface area contributed by atoms with Crippen LogP contribution in [0.2, 0.25) is 0 Å². The highest BCUT2D eigenvalue weighted by molar-refractivity contribution is 5.90. The Morgan fingerprint density at radius 3 is 2.71 bits per heavy atom. The van der Waals surface area contributed by atoms with E-state index in [1.54, 1.807) is 25.1 Å². The largest absolute Gasteiger partial charge is 0.367 e. The molecule has 0 aliphatic carbocycles. The normalized spacial score (nSPS) is 12.2. The lowest BCUT2D eigenvalue weighted by Gasteiger charge is -2.13. The van der Waals surface area contributed by atoms with E-state index in [0.29, 0.717) is 35.3 Å². The predicted molar refractivity (Wildman–Crippen MR) is 88.3 cm³/mol. The number of nitrogens with one attached hydrogen (secondary N) is 3. The molecule has 0 spiro atoms. The summed E-state index contributed by atoms with van der Waals surface area (Å²) in [6.45, 7) is 2.13. The van der Waals surface area contributed by atoms with Crippen molar-refractivity contribution in [1.82, 2.24) is 30.7 Å². The summed E-state index contributed by atoms with van der Waals surface area (Å²) in [5.74, 6) is 0.0837. The Bertz CT molecular complexity index is 931. The number of hydrogen-bond acceptors (Lipinski definition) is 6. The number of nitrogens with two attached hydrogens (primary N) is 1. The quantitative estimate of drug-likeness (QED) is 0.523. The maximum absolute atomic E-state index is 12.4. The molecule has 1 unspecified atom stereocenters. The van der Waals surface area contributed by atoms with Gasteiger partial charge in [0.1, 0.15) is 5.82 Å². The molecule has 0 aliphatic rings. The first-order chi connectivity index (χ1) is 11.6. The van der Waals surface area contributed by atoms with Gasteiger partial charge in [0.2, 0.25) is 11.9 Å². The highest BCUT2D eigenvalue weighted by atomic mass is 16.2. The van der Waals surface area contributed by atoms with Gasteiger partial charge in [0.25, 0.3) is 5.56 Å². The van der Waals surface area contributed by atoms with Crippen LogP contribution in [-0.4, -0.2) is 37.8 Å². The van der Waals surface area contributed by atoms with Crippen molar-refractivity contribution in [1.29, 1.82) is 0 Å². The summed E-state index contributed by atoms with van der Waals surface area (Å²) < 4.78 is 0. The molecular formula is C15H17N7O2. The molecule has 2 aromatic heterocycles. The maximum Gasteiger partial charge on any atom is 0.272 e. The molecule has 3 rings (SSSR count). The fourth-order valence-corrected chi connectivity index (χ4v) is 2.47. The Balaban J connectivity index is 1.72. The number of benzene rings is 1. The third-order valence-electron chi connectivity index (χ3n) is 3.74. The van der Waals surface area contributed by atoms with Crippen LogP contribution in [0.1, 0.15) is 24.4 Å². The Morgan fingerprint density at radius 1 is 1.25 bits per heavy atom. The zero-order chi connectivity index (χ0) is 17.1. The van der Waals surface area contributed by atoms with E-state index in [-0.39, 0.29) is 17.4 Å². The van der Waals surface area contributed by atoms with E-state index in [9.17, 15) is 9.59 Å². The first-order valence-electron chi connectivity index (χ1n) is 7.48. The van der Waals surface area contributed by atoms with Crippen LogP contribution in [0.5, 0.6) is 0 Å². The van der Waals surface area contributed by atoms with Gasteiger partial charge in [-0.15, -0.1) is 5.10 Å². The number of aromatic amines is 2. The van der Waals surface area contributed by atoms with Crippen molar-refractivity contribution in [3.8, 4) is 0 Å². The van der Waals surface area contributed by atoms with Crippen LogP contribution in [0.25, 0.3) is 10.8 Å². The van der Waals surface area contributed by atoms with Gasteiger partial charge in [-0.05, 0) is 13.0 Å². The minimum absolute atomic E-state index is 0.175. The van der Waals surface area contributed by atoms with Gasteiger partial charge in [0.15, 0.2) is 0 Å². The molecule has 1 aromatic carbocycles. The molecule has 24 heavy (non-hydrogen) atoms. The molecule has 9 heteroatoms. The number of nitrogens with zero attached hydrogens (tertiary/aromatic N) is 3. The number of hydrogen-bond donors (Lipinski definition) is 4. The van der Waals surface area contributed by atoms with Crippen LogP contribution in [0, 0.1) is 0 Å². The van der Waals surface area contributed by atoms with Gasteiger partial charge in [-0.3, -0.25) is 14.7 Å². The van der Waals surface area contributed by atoms with Crippen LogP contribution in [0.3, 0.4) is 0 Å². The zero-order valence-electron chi connectivity index (χ0n) is 13.0. The molecule has 0 fully saturated rings. The molecule has 0 bridgehead atoms. The topological polar surface area (TPSA) is 142 Å². The molecule has 0 radical (unpaired) electrons. The summed E-state index contributed by atoms with van der Waals surface area (Å²) in [6, 6.07) is 7.08. The molecule has 0 aliphatic heterocycles. The van der Waals surface area contributed by atoms with Gasteiger partial charge < -0.3 is 11.1 Å². The van der Waals surface area contributed by atoms with E-state index in [4.69, 9.17) is 5.73 Å². The van der Waals surface area contributed by atoms with Crippen LogP contribution >= 0.6 is 0 Å². The second-order valence-electron chi connectivity index (χ2n) is 5.39. The third kappa shape index (κ3) is 3.09.